The van der Waals surface area contributed by atoms with E-state index >= 15 is 0 Å². The predicted molar refractivity (Wildman–Crippen MR) is 70.3 cm³/mol. The van der Waals surface area contributed by atoms with E-state index in [1.165, 1.54) is 11.3 Å². The van der Waals surface area contributed by atoms with Crippen molar-refractivity contribution in [1.82, 2.24) is 0 Å². The summed E-state index contributed by atoms with van der Waals surface area (Å²) in [6.45, 7) is 12.3. The van der Waals surface area contributed by atoms with E-state index in [-0.39, 0.29) is 0 Å². The Hall–Kier alpha value is -1.11. The molecule has 0 aliphatic rings. The van der Waals surface area contributed by atoms with Gasteiger partial charge in [0, 0.05) is 5.71 Å². The summed E-state index contributed by atoms with van der Waals surface area (Å²) in [5, 5.41) is 0. The van der Waals surface area contributed by atoms with Crippen molar-refractivity contribution in [3.63, 3.8) is 0 Å². The molecule has 0 saturated carbocycles. The van der Waals surface area contributed by atoms with Gasteiger partial charge in [-0.2, -0.15) is 0 Å². The summed E-state index contributed by atoms with van der Waals surface area (Å²) in [7, 11) is 0. The van der Waals surface area contributed by atoms with Gasteiger partial charge in [0.2, 0.25) is 0 Å². The maximum absolute atomic E-state index is 4.50. The third kappa shape index (κ3) is 6.89. The molecule has 1 heteroatoms. The monoisotopic (exact) mass is 205 g/mol. The lowest BCUT2D eigenvalue weighted by Gasteiger charge is -2.01. The van der Waals surface area contributed by atoms with Crippen molar-refractivity contribution in [2.45, 2.75) is 47.0 Å². The highest BCUT2D eigenvalue weighted by molar-refractivity contribution is 5.85. The molecule has 0 saturated heterocycles. The molecule has 0 aliphatic carbocycles. The molecule has 15 heavy (non-hydrogen) atoms. The van der Waals surface area contributed by atoms with E-state index in [0.29, 0.717) is 0 Å². The zero-order valence-electron chi connectivity index (χ0n) is 10.5. The first-order valence-corrected chi connectivity index (χ1v) is 5.70. The maximum Gasteiger partial charge on any atom is 0.0557 e. The van der Waals surface area contributed by atoms with Crippen LogP contribution in [0.1, 0.15) is 47.0 Å². The normalized spacial score (nSPS) is 13.6. The molecule has 0 heterocycles. The molecule has 1 nitrogen and oxygen atoms in total. The van der Waals surface area contributed by atoms with Crippen LogP contribution in [0.25, 0.3) is 0 Å². The van der Waals surface area contributed by atoms with Gasteiger partial charge in [-0.3, -0.25) is 4.99 Å². The molecule has 0 rings (SSSR count). The Kier molecular flexibility index (Phi) is 7.61. The molecule has 0 aromatic carbocycles. The fourth-order valence-electron chi connectivity index (χ4n) is 1.16. The maximum atomic E-state index is 4.50. The number of aliphatic imine (C=N–C) groups is 1. The summed E-state index contributed by atoms with van der Waals surface area (Å²) >= 11 is 0. The standard InChI is InChI=1S/C14H23N/c1-6-9-14(8-3)15-13(5)11-10-12(4)7-2/h7,10-11H,5-6,8-9H2,1-4H3/b11-10-,12-7-,15-14?. The lowest BCUT2D eigenvalue weighted by molar-refractivity contribution is 0.964. The Morgan fingerprint density at radius 1 is 1.27 bits per heavy atom. The SMILES string of the molecule is C=C(/C=C\C(C)=C/C)N=C(CC)CCC. The van der Waals surface area contributed by atoms with E-state index in [9.17, 15) is 0 Å². The van der Waals surface area contributed by atoms with Crippen LogP contribution in [-0.2, 0) is 0 Å². The third-order valence-corrected chi connectivity index (χ3v) is 2.24. The molecule has 0 aliphatic heterocycles. The summed E-state index contributed by atoms with van der Waals surface area (Å²) in [4.78, 5) is 4.50. The van der Waals surface area contributed by atoms with Gasteiger partial charge >= 0.3 is 0 Å². The quantitative estimate of drug-likeness (QED) is 0.441. The molecule has 0 radical (unpaired) electrons. The van der Waals surface area contributed by atoms with E-state index in [1.54, 1.807) is 0 Å². The Labute approximate surface area is 94.3 Å². The average molecular weight is 205 g/mol. The summed E-state index contributed by atoms with van der Waals surface area (Å²) in [5.74, 6) is 0. The van der Waals surface area contributed by atoms with Crippen LogP contribution in [0.5, 0.6) is 0 Å². The minimum absolute atomic E-state index is 0.849. The van der Waals surface area contributed by atoms with Crippen LogP contribution in [0, 0.1) is 0 Å². The minimum atomic E-state index is 0.849. The van der Waals surface area contributed by atoms with Gasteiger partial charge in [0.25, 0.3) is 0 Å². The fourth-order valence-corrected chi connectivity index (χ4v) is 1.16. The van der Waals surface area contributed by atoms with Crippen LogP contribution in [0.3, 0.4) is 0 Å². The zero-order chi connectivity index (χ0) is 11.7. The highest BCUT2D eigenvalue weighted by atomic mass is 14.7. The van der Waals surface area contributed by atoms with E-state index in [4.69, 9.17) is 0 Å². The summed E-state index contributed by atoms with van der Waals surface area (Å²) < 4.78 is 0. The van der Waals surface area contributed by atoms with E-state index < -0.39 is 0 Å². The number of nitrogens with zero attached hydrogens (tertiary/aromatic N) is 1. The van der Waals surface area contributed by atoms with Crippen LogP contribution in [0.2, 0.25) is 0 Å². The van der Waals surface area contributed by atoms with Gasteiger partial charge in [0.1, 0.15) is 0 Å². The van der Waals surface area contributed by atoms with E-state index in [2.05, 4.69) is 38.4 Å². The molecule has 0 amide bonds. The van der Waals surface area contributed by atoms with Crippen LogP contribution in [-0.4, -0.2) is 5.71 Å². The van der Waals surface area contributed by atoms with Crippen LogP contribution >= 0.6 is 0 Å². The molecule has 0 aromatic heterocycles. The number of rotatable bonds is 6. The molecule has 0 N–H and O–H groups in total. The zero-order valence-corrected chi connectivity index (χ0v) is 10.5. The Morgan fingerprint density at radius 2 is 1.93 bits per heavy atom. The van der Waals surface area contributed by atoms with Gasteiger partial charge in [0.15, 0.2) is 0 Å². The van der Waals surface area contributed by atoms with Crippen molar-refractivity contribution in [2.75, 3.05) is 0 Å². The van der Waals surface area contributed by atoms with E-state index in [1.807, 2.05) is 19.1 Å². The average Bonchev–Trinajstić information content (AvgIpc) is 2.25. The molecule has 84 valence electrons. The molecule has 0 unspecified atom stereocenters. The summed E-state index contributed by atoms with van der Waals surface area (Å²) in [5.41, 5.74) is 3.33. The Balaban J connectivity index is 4.39. The number of allylic oxidation sites excluding steroid dienone is 4. The third-order valence-electron chi connectivity index (χ3n) is 2.24. The Morgan fingerprint density at radius 3 is 2.40 bits per heavy atom. The smallest absolute Gasteiger partial charge is 0.0557 e. The first-order chi connectivity index (χ1) is 7.13. The van der Waals surface area contributed by atoms with Crippen LogP contribution < -0.4 is 0 Å². The fraction of sp³-hybridized carbons (Fsp3) is 0.500. The van der Waals surface area contributed by atoms with E-state index in [0.717, 1.165) is 25.0 Å². The van der Waals surface area contributed by atoms with Gasteiger partial charge in [0.05, 0.1) is 5.70 Å². The second-order valence-electron chi connectivity index (χ2n) is 3.64. The highest BCUT2D eigenvalue weighted by Crippen LogP contribution is 2.05. The second kappa shape index (κ2) is 8.22. The highest BCUT2D eigenvalue weighted by Gasteiger charge is 1.94. The van der Waals surface area contributed by atoms with Gasteiger partial charge in [-0.25, -0.2) is 0 Å². The predicted octanol–water partition coefficient (Wildman–Crippen LogP) is 4.67. The van der Waals surface area contributed by atoms with Crippen molar-refractivity contribution >= 4 is 5.71 Å². The first kappa shape index (κ1) is 13.9. The summed E-state index contributed by atoms with van der Waals surface area (Å²) in [6.07, 6.45) is 9.33. The lowest BCUT2D eigenvalue weighted by Crippen LogP contribution is -1.95. The van der Waals surface area contributed by atoms with Crippen molar-refractivity contribution in [2.24, 2.45) is 4.99 Å². The Bertz CT molecular complexity index is 280. The van der Waals surface area contributed by atoms with Gasteiger partial charge in [-0.05, 0) is 32.8 Å². The lowest BCUT2D eigenvalue weighted by atomic mass is 10.2. The van der Waals surface area contributed by atoms with Crippen molar-refractivity contribution in [1.29, 1.82) is 0 Å². The molecular formula is C14H23N. The van der Waals surface area contributed by atoms with Crippen LogP contribution in [0.4, 0.5) is 0 Å². The summed E-state index contributed by atoms with van der Waals surface area (Å²) in [6, 6.07) is 0. The van der Waals surface area contributed by atoms with Crippen molar-refractivity contribution < 1.29 is 0 Å². The molecule has 0 fully saturated rings. The van der Waals surface area contributed by atoms with Gasteiger partial charge in [-0.1, -0.05) is 44.6 Å². The topological polar surface area (TPSA) is 12.4 Å². The molecular weight excluding hydrogens is 182 g/mol. The molecule has 0 bridgehead atoms. The van der Waals surface area contributed by atoms with Crippen molar-refractivity contribution in [3.8, 4) is 0 Å². The number of hydrogen-bond donors (Lipinski definition) is 0. The second-order valence-corrected chi connectivity index (χ2v) is 3.64. The largest absolute Gasteiger partial charge is 0.258 e. The van der Waals surface area contributed by atoms with Crippen molar-refractivity contribution in [3.05, 3.63) is 36.1 Å². The van der Waals surface area contributed by atoms with Gasteiger partial charge < -0.3 is 0 Å². The molecule has 0 atom stereocenters. The minimum Gasteiger partial charge on any atom is -0.258 e. The first-order valence-electron chi connectivity index (χ1n) is 5.70. The molecule has 0 spiro atoms. The molecule has 0 aromatic rings. The number of hydrogen-bond acceptors (Lipinski definition) is 1. The van der Waals surface area contributed by atoms with Gasteiger partial charge in [-0.15, -0.1) is 0 Å². The van der Waals surface area contributed by atoms with Crippen LogP contribution in [0.15, 0.2) is 41.1 Å².